The Bertz CT molecular complexity index is 585. The van der Waals surface area contributed by atoms with Crippen molar-refractivity contribution < 1.29 is 14.4 Å². The number of carbonyl (C=O) groups excluding carboxylic acids is 1. The molecule has 1 saturated heterocycles. The van der Waals surface area contributed by atoms with Crippen molar-refractivity contribution in [1.29, 1.82) is 0 Å². The van der Waals surface area contributed by atoms with Crippen molar-refractivity contribution in [3.8, 4) is 11.8 Å². The van der Waals surface area contributed by atoms with Gasteiger partial charge < -0.3 is 9.64 Å². The summed E-state index contributed by atoms with van der Waals surface area (Å²) in [4.78, 5) is 17.1. The van der Waals surface area contributed by atoms with Crippen molar-refractivity contribution in [2.75, 3.05) is 13.1 Å². The van der Waals surface area contributed by atoms with Crippen LogP contribution in [0, 0.1) is 11.8 Å². The van der Waals surface area contributed by atoms with Crippen molar-refractivity contribution >= 4 is 5.97 Å². The number of nitrogens with zero attached hydrogens (tertiary/aromatic N) is 1. The Hall–Kier alpha value is -1.86. The van der Waals surface area contributed by atoms with Crippen LogP contribution in [0.4, 0.5) is 0 Å². The number of piperidine rings is 1. The number of esters is 1. The Morgan fingerprint density at radius 2 is 2.21 bits per heavy atom. The number of rotatable bonds is 5. The second-order valence-corrected chi connectivity index (χ2v) is 6.52. The third-order valence-electron chi connectivity index (χ3n) is 4.93. The van der Waals surface area contributed by atoms with Crippen LogP contribution in [0.25, 0.3) is 0 Å². The van der Waals surface area contributed by atoms with Gasteiger partial charge in [-0.3, -0.25) is 9.78 Å². The van der Waals surface area contributed by atoms with Crippen LogP contribution in [0.2, 0.25) is 0 Å². The van der Waals surface area contributed by atoms with Gasteiger partial charge in [-0.15, -0.1) is 0 Å². The third kappa shape index (κ3) is 4.82. The van der Waals surface area contributed by atoms with Crippen LogP contribution in [-0.2, 0) is 9.53 Å². The summed E-state index contributed by atoms with van der Waals surface area (Å²) in [6.45, 7) is 7.41. The first-order valence-corrected chi connectivity index (χ1v) is 9.04. The normalized spacial score (nSPS) is 20.8. The van der Waals surface area contributed by atoms with Gasteiger partial charge in [-0.1, -0.05) is 19.9 Å². The minimum absolute atomic E-state index is 0.258. The highest BCUT2D eigenvalue weighted by atomic mass is 16.6. The molecule has 2 atom stereocenters. The molecule has 0 bridgehead atoms. The molecular formula is C20H29N2O2+. The molecule has 24 heavy (non-hydrogen) atoms. The van der Waals surface area contributed by atoms with E-state index in [0.717, 1.165) is 25.9 Å². The zero-order valence-electron chi connectivity index (χ0n) is 15.1. The van der Waals surface area contributed by atoms with Gasteiger partial charge >= 0.3 is 5.97 Å². The lowest BCUT2D eigenvalue weighted by molar-refractivity contribution is -0.930. The third-order valence-corrected chi connectivity index (χ3v) is 4.93. The highest BCUT2D eigenvalue weighted by Crippen LogP contribution is 2.20. The van der Waals surface area contributed by atoms with Gasteiger partial charge in [-0.05, 0) is 43.6 Å². The van der Waals surface area contributed by atoms with Crippen LogP contribution in [-0.4, -0.2) is 29.6 Å². The Labute approximate surface area is 145 Å². The van der Waals surface area contributed by atoms with Crippen LogP contribution in [0.1, 0.15) is 64.5 Å². The van der Waals surface area contributed by atoms with Crippen molar-refractivity contribution in [3.63, 3.8) is 0 Å². The van der Waals surface area contributed by atoms with Gasteiger partial charge in [0.1, 0.15) is 12.6 Å². The SMILES string of the molecule is CCC(C#CC[NH+]1CCCC[C@@H]1c1cccnc1)(CC)OC(C)=O. The monoisotopic (exact) mass is 329 g/mol. The van der Waals surface area contributed by atoms with Crippen LogP contribution < -0.4 is 4.90 Å². The van der Waals surface area contributed by atoms with Crippen LogP contribution >= 0.6 is 0 Å². The van der Waals surface area contributed by atoms with Crippen LogP contribution in [0.15, 0.2) is 24.5 Å². The maximum atomic E-state index is 11.4. The molecule has 0 amide bonds. The summed E-state index contributed by atoms with van der Waals surface area (Å²) in [6, 6.07) is 4.64. The van der Waals surface area contributed by atoms with Gasteiger partial charge in [0.2, 0.25) is 0 Å². The molecule has 1 aromatic rings. The summed E-state index contributed by atoms with van der Waals surface area (Å²) in [7, 11) is 0. The quantitative estimate of drug-likeness (QED) is 0.666. The van der Waals surface area contributed by atoms with Gasteiger partial charge in [0.15, 0.2) is 5.60 Å². The predicted molar refractivity (Wildman–Crippen MR) is 94.4 cm³/mol. The average molecular weight is 329 g/mol. The second-order valence-electron chi connectivity index (χ2n) is 6.52. The van der Waals surface area contributed by atoms with E-state index < -0.39 is 5.60 Å². The first-order chi connectivity index (χ1) is 11.6. The van der Waals surface area contributed by atoms with E-state index in [0.29, 0.717) is 6.04 Å². The van der Waals surface area contributed by atoms with Gasteiger partial charge in [0, 0.05) is 31.3 Å². The highest BCUT2D eigenvalue weighted by Gasteiger charge is 2.29. The molecule has 130 valence electrons. The van der Waals surface area contributed by atoms with Crippen molar-refractivity contribution in [2.45, 2.75) is 64.5 Å². The van der Waals surface area contributed by atoms with Gasteiger partial charge in [-0.2, -0.15) is 0 Å². The minimum atomic E-state index is -0.634. The molecule has 0 aliphatic carbocycles. The molecule has 0 aromatic carbocycles. The zero-order valence-corrected chi connectivity index (χ0v) is 15.1. The molecule has 0 radical (unpaired) electrons. The molecular weight excluding hydrogens is 300 g/mol. The molecule has 2 heterocycles. The Morgan fingerprint density at radius 1 is 1.42 bits per heavy atom. The predicted octanol–water partition coefficient (Wildman–Crippen LogP) is 2.32. The molecule has 4 heteroatoms. The van der Waals surface area contributed by atoms with Crippen molar-refractivity contribution in [1.82, 2.24) is 4.98 Å². The van der Waals surface area contributed by atoms with Gasteiger partial charge in [0.05, 0.1) is 6.54 Å². The van der Waals surface area contributed by atoms with E-state index >= 15 is 0 Å². The van der Waals surface area contributed by atoms with Gasteiger partial charge in [-0.25, -0.2) is 0 Å². The summed E-state index contributed by atoms with van der Waals surface area (Å²) in [6.07, 6.45) is 8.92. The van der Waals surface area contributed by atoms with Crippen LogP contribution in [0.3, 0.4) is 0 Å². The largest absolute Gasteiger partial charge is 0.446 e. The molecule has 0 spiro atoms. The standard InChI is InChI=1S/C20H28N2O2/c1-4-20(5-2,24-17(3)23)12-9-15-22-14-7-6-11-19(22)18-10-8-13-21-16-18/h8,10,13,16,19H,4-7,11,14-15H2,1-3H3/p+1/t19-/m1/s1. The number of pyridine rings is 1. The Morgan fingerprint density at radius 3 is 2.83 bits per heavy atom. The van der Waals surface area contributed by atoms with E-state index in [9.17, 15) is 4.79 Å². The minimum Gasteiger partial charge on any atom is -0.446 e. The fraction of sp³-hybridized carbons (Fsp3) is 0.600. The Balaban J connectivity index is 2.10. The second kappa shape index (κ2) is 8.84. The van der Waals surface area contributed by atoms with E-state index in [4.69, 9.17) is 4.74 Å². The number of quaternary nitrogens is 1. The molecule has 1 aliphatic rings. The van der Waals surface area contributed by atoms with E-state index in [1.165, 1.54) is 36.6 Å². The maximum absolute atomic E-state index is 11.4. The number of nitrogens with one attached hydrogen (secondary N) is 1. The lowest BCUT2D eigenvalue weighted by atomic mass is 9.96. The van der Waals surface area contributed by atoms with E-state index in [1.54, 1.807) is 0 Å². The summed E-state index contributed by atoms with van der Waals surface area (Å²) in [5.74, 6) is 6.31. The number of aromatic nitrogens is 1. The number of carbonyl (C=O) groups is 1. The van der Waals surface area contributed by atoms with Gasteiger partial charge in [0.25, 0.3) is 0 Å². The highest BCUT2D eigenvalue weighted by molar-refractivity contribution is 5.67. The van der Waals surface area contributed by atoms with E-state index in [2.05, 4.69) is 22.9 Å². The summed E-state index contributed by atoms with van der Waals surface area (Å²) in [5, 5.41) is 0. The Kier molecular flexibility index (Phi) is 6.81. The lowest BCUT2D eigenvalue weighted by Gasteiger charge is -2.31. The summed E-state index contributed by atoms with van der Waals surface area (Å²) in [5.41, 5.74) is 0.663. The number of hydrogen-bond acceptors (Lipinski definition) is 3. The first-order valence-electron chi connectivity index (χ1n) is 9.04. The molecule has 1 aliphatic heterocycles. The fourth-order valence-corrected chi connectivity index (χ4v) is 3.47. The fourth-order valence-electron chi connectivity index (χ4n) is 3.47. The van der Waals surface area contributed by atoms with E-state index in [-0.39, 0.29) is 5.97 Å². The van der Waals surface area contributed by atoms with Crippen LogP contribution in [0.5, 0.6) is 0 Å². The molecule has 1 N–H and O–H groups in total. The van der Waals surface area contributed by atoms with Crippen molar-refractivity contribution in [2.24, 2.45) is 0 Å². The molecule has 1 fully saturated rings. The lowest BCUT2D eigenvalue weighted by Crippen LogP contribution is -3.13. The molecule has 0 saturated carbocycles. The van der Waals surface area contributed by atoms with E-state index in [1.807, 2.05) is 32.3 Å². The molecule has 4 nitrogen and oxygen atoms in total. The van der Waals surface area contributed by atoms with Crippen molar-refractivity contribution in [3.05, 3.63) is 30.1 Å². The zero-order chi connectivity index (χ0) is 17.4. The average Bonchev–Trinajstić information content (AvgIpc) is 2.61. The topological polar surface area (TPSA) is 43.6 Å². The number of likely N-dealkylation sites (tertiary alicyclic amines) is 1. The first kappa shape index (κ1) is 18.5. The maximum Gasteiger partial charge on any atom is 0.304 e. The number of hydrogen-bond donors (Lipinski definition) is 1. The summed E-state index contributed by atoms with van der Waals surface area (Å²) >= 11 is 0. The smallest absolute Gasteiger partial charge is 0.304 e. The molecule has 2 rings (SSSR count). The number of ether oxygens (including phenoxy) is 1. The summed E-state index contributed by atoms with van der Waals surface area (Å²) < 4.78 is 5.51. The molecule has 1 unspecified atom stereocenters. The molecule has 1 aromatic heterocycles.